The zero-order valence-corrected chi connectivity index (χ0v) is 9.65. The molecule has 1 aliphatic rings. The van der Waals surface area contributed by atoms with E-state index in [1.165, 1.54) is 29.8 Å². The quantitative estimate of drug-likeness (QED) is 0.777. The van der Waals surface area contributed by atoms with Crippen molar-refractivity contribution in [1.29, 1.82) is 0 Å². The molecule has 2 heteroatoms. The van der Waals surface area contributed by atoms with Crippen LogP contribution in [0.15, 0.2) is 6.07 Å². The summed E-state index contributed by atoms with van der Waals surface area (Å²) >= 11 is 0. The minimum atomic E-state index is 0.441. The summed E-state index contributed by atoms with van der Waals surface area (Å²) in [6.07, 6.45) is 2.66. The molecule has 2 rings (SSSR count). The van der Waals surface area contributed by atoms with Crippen molar-refractivity contribution in [3.63, 3.8) is 0 Å². The summed E-state index contributed by atoms with van der Waals surface area (Å²) in [6, 6.07) is 2.29. The Bertz CT molecular complexity index is 345. The van der Waals surface area contributed by atoms with Crippen LogP contribution in [-0.4, -0.2) is 10.1 Å². The van der Waals surface area contributed by atoms with Crippen LogP contribution in [0.4, 0.5) is 0 Å². The van der Waals surface area contributed by atoms with Crippen LogP contribution in [0.1, 0.15) is 36.7 Å². The van der Waals surface area contributed by atoms with E-state index in [2.05, 4.69) is 43.8 Å². The second-order valence-corrected chi connectivity index (χ2v) is 4.87. The standard InChI is InChI=1S/C12H20N2/c1-9-7-11(10(2)14(9)4)8-13-12(3)5-6-12/h7,13H,5-6,8H2,1-4H3. The molecule has 0 aromatic carbocycles. The molecule has 1 aromatic rings. The predicted octanol–water partition coefficient (Wildman–Crippen LogP) is 2.28. The highest BCUT2D eigenvalue weighted by molar-refractivity contribution is 5.26. The summed E-state index contributed by atoms with van der Waals surface area (Å²) in [4.78, 5) is 0. The molecular weight excluding hydrogens is 172 g/mol. The van der Waals surface area contributed by atoms with Gasteiger partial charge in [-0.1, -0.05) is 0 Å². The number of hydrogen-bond acceptors (Lipinski definition) is 1. The first kappa shape index (κ1) is 9.78. The minimum Gasteiger partial charge on any atom is -0.352 e. The Morgan fingerprint density at radius 1 is 1.43 bits per heavy atom. The Hall–Kier alpha value is -0.760. The molecule has 0 saturated heterocycles. The topological polar surface area (TPSA) is 17.0 Å². The lowest BCUT2D eigenvalue weighted by Crippen LogP contribution is -2.27. The summed E-state index contributed by atoms with van der Waals surface area (Å²) in [5.41, 5.74) is 4.62. The second kappa shape index (κ2) is 3.13. The Labute approximate surface area is 86.3 Å². The molecule has 1 heterocycles. The van der Waals surface area contributed by atoms with Crippen molar-refractivity contribution in [1.82, 2.24) is 9.88 Å². The van der Waals surface area contributed by atoms with Crippen LogP contribution >= 0.6 is 0 Å². The fraction of sp³-hybridized carbons (Fsp3) is 0.667. The number of aromatic nitrogens is 1. The van der Waals surface area contributed by atoms with E-state index in [-0.39, 0.29) is 0 Å². The van der Waals surface area contributed by atoms with Crippen molar-refractivity contribution < 1.29 is 0 Å². The molecule has 0 amide bonds. The molecule has 0 aliphatic heterocycles. The first-order valence-corrected chi connectivity index (χ1v) is 5.39. The van der Waals surface area contributed by atoms with Crippen LogP contribution in [0.3, 0.4) is 0 Å². The molecule has 1 aromatic heterocycles. The third kappa shape index (κ3) is 1.71. The van der Waals surface area contributed by atoms with Gasteiger partial charge >= 0.3 is 0 Å². The smallest absolute Gasteiger partial charge is 0.0228 e. The average Bonchev–Trinajstić information content (AvgIpc) is 2.83. The van der Waals surface area contributed by atoms with E-state index in [1.807, 2.05) is 0 Å². The molecule has 0 unspecified atom stereocenters. The maximum Gasteiger partial charge on any atom is 0.0228 e. The highest BCUT2D eigenvalue weighted by Crippen LogP contribution is 2.34. The molecule has 78 valence electrons. The van der Waals surface area contributed by atoms with Crippen LogP contribution in [0.5, 0.6) is 0 Å². The molecule has 1 N–H and O–H groups in total. The SMILES string of the molecule is Cc1cc(CNC2(C)CC2)c(C)n1C. The van der Waals surface area contributed by atoms with Gasteiger partial charge < -0.3 is 9.88 Å². The Balaban J connectivity index is 2.05. The molecular formula is C12H20N2. The number of nitrogens with one attached hydrogen (secondary N) is 1. The fourth-order valence-electron chi connectivity index (χ4n) is 1.79. The normalized spacial score (nSPS) is 18.6. The maximum absolute atomic E-state index is 3.62. The summed E-state index contributed by atoms with van der Waals surface area (Å²) in [7, 11) is 2.13. The van der Waals surface area contributed by atoms with Crippen LogP contribution in [0.25, 0.3) is 0 Å². The number of nitrogens with zero attached hydrogens (tertiary/aromatic N) is 1. The number of aryl methyl sites for hydroxylation is 1. The summed E-state index contributed by atoms with van der Waals surface area (Å²) in [5.74, 6) is 0. The Morgan fingerprint density at radius 3 is 2.50 bits per heavy atom. The van der Waals surface area contributed by atoms with E-state index < -0.39 is 0 Å². The van der Waals surface area contributed by atoms with Crippen LogP contribution in [0.2, 0.25) is 0 Å². The second-order valence-electron chi connectivity index (χ2n) is 4.87. The molecule has 0 bridgehead atoms. The molecule has 1 fully saturated rings. The van der Waals surface area contributed by atoms with E-state index in [9.17, 15) is 0 Å². The average molecular weight is 192 g/mol. The predicted molar refractivity (Wildman–Crippen MR) is 59.4 cm³/mol. The lowest BCUT2D eigenvalue weighted by molar-refractivity contribution is 0.536. The number of rotatable bonds is 3. The van der Waals surface area contributed by atoms with Crippen molar-refractivity contribution >= 4 is 0 Å². The third-order valence-corrected chi connectivity index (χ3v) is 3.59. The van der Waals surface area contributed by atoms with E-state index in [4.69, 9.17) is 0 Å². The van der Waals surface area contributed by atoms with E-state index >= 15 is 0 Å². The van der Waals surface area contributed by atoms with Crippen LogP contribution in [0, 0.1) is 13.8 Å². The Morgan fingerprint density at radius 2 is 2.07 bits per heavy atom. The lowest BCUT2D eigenvalue weighted by atomic mass is 10.2. The zero-order chi connectivity index (χ0) is 10.3. The minimum absolute atomic E-state index is 0.441. The van der Waals surface area contributed by atoms with Gasteiger partial charge in [0, 0.05) is 30.5 Å². The van der Waals surface area contributed by atoms with Gasteiger partial charge in [-0.05, 0) is 45.2 Å². The summed E-state index contributed by atoms with van der Waals surface area (Å²) in [5, 5.41) is 3.62. The van der Waals surface area contributed by atoms with Crippen molar-refractivity contribution in [3.05, 3.63) is 23.0 Å². The number of hydrogen-bond donors (Lipinski definition) is 1. The van der Waals surface area contributed by atoms with E-state index in [0.29, 0.717) is 5.54 Å². The molecule has 0 radical (unpaired) electrons. The van der Waals surface area contributed by atoms with Crippen molar-refractivity contribution in [2.75, 3.05) is 0 Å². The first-order valence-electron chi connectivity index (χ1n) is 5.39. The molecule has 0 spiro atoms. The van der Waals surface area contributed by atoms with Gasteiger partial charge in [-0.3, -0.25) is 0 Å². The maximum atomic E-state index is 3.62. The molecule has 14 heavy (non-hydrogen) atoms. The molecule has 1 aliphatic carbocycles. The van der Waals surface area contributed by atoms with Crippen molar-refractivity contribution in [2.45, 2.75) is 45.7 Å². The fourth-order valence-corrected chi connectivity index (χ4v) is 1.79. The van der Waals surface area contributed by atoms with Gasteiger partial charge in [0.25, 0.3) is 0 Å². The lowest BCUT2D eigenvalue weighted by Gasteiger charge is -2.10. The summed E-state index contributed by atoms with van der Waals surface area (Å²) < 4.78 is 2.26. The molecule has 0 atom stereocenters. The zero-order valence-electron chi connectivity index (χ0n) is 9.65. The van der Waals surface area contributed by atoms with Gasteiger partial charge in [-0.25, -0.2) is 0 Å². The summed E-state index contributed by atoms with van der Waals surface area (Å²) in [6.45, 7) is 7.68. The molecule has 1 saturated carbocycles. The van der Waals surface area contributed by atoms with Gasteiger partial charge in [0.05, 0.1) is 0 Å². The van der Waals surface area contributed by atoms with Gasteiger partial charge in [-0.15, -0.1) is 0 Å². The van der Waals surface area contributed by atoms with Crippen LogP contribution < -0.4 is 5.32 Å². The Kier molecular flexibility index (Phi) is 2.18. The highest BCUT2D eigenvalue weighted by Gasteiger charge is 2.36. The largest absolute Gasteiger partial charge is 0.352 e. The van der Waals surface area contributed by atoms with E-state index in [1.54, 1.807) is 0 Å². The van der Waals surface area contributed by atoms with Gasteiger partial charge in [0.15, 0.2) is 0 Å². The van der Waals surface area contributed by atoms with E-state index in [0.717, 1.165) is 6.54 Å². The molecule has 2 nitrogen and oxygen atoms in total. The van der Waals surface area contributed by atoms with Crippen LogP contribution in [-0.2, 0) is 13.6 Å². The monoisotopic (exact) mass is 192 g/mol. The van der Waals surface area contributed by atoms with Gasteiger partial charge in [0.2, 0.25) is 0 Å². The highest BCUT2D eigenvalue weighted by atomic mass is 15.0. The van der Waals surface area contributed by atoms with Gasteiger partial charge in [-0.2, -0.15) is 0 Å². The van der Waals surface area contributed by atoms with Crippen molar-refractivity contribution in [2.24, 2.45) is 7.05 Å². The third-order valence-electron chi connectivity index (χ3n) is 3.59. The first-order chi connectivity index (χ1) is 6.52. The van der Waals surface area contributed by atoms with Gasteiger partial charge in [0.1, 0.15) is 0 Å². The van der Waals surface area contributed by atoms with Crippen molar-refractivity contribution in [3.8, 4) is 0 Å².